The van der Waals surface area contributed by atoms with Crippen molar-refractivity contribution in [3.63, 3.8) is 0 Å². The monoisotopic (exact) mass is 361 g/mol. The summed E-state index contributed by atoms with van der Waals surface area (Å²) in [5, 5.41) is 7.38. The molecule has 0 aliphatic rings. The van der Waals surface area contributed by atoms with Crippen molar-refractivity contribution >= 4 is 27.3 Å². The number of nitrogens with one attached hydrogen (secondary N) is 1. The highest BCUT2D eigenvalue weighted by atomic mass is 79.9. The maximum atomic E-state index is 13.5. The summed E-state index contributed by atoms with van der Waals surface area (Å²) in [4.78, 5) is 0. The molecule has 108 valence electrons. The highest BCUT2D eigenvalue weighted by Crippen LogP contribution is 2.28. The first-order valence-corrected chi connectivity index (χ1v) is 7.89. The van der Waals surface area contributed by atoms with E-state index in [1.54, 1.807) is 11.3 Å². The molecule has 6 heteroatoms. The molecule has 1 aromatic carbocycles. The standard InChI is InChI=1S/C14H14BrF2NOS/c15-12-7-11(16)8-13(17)14(12)19-5-4-18-3-1-10-2-6-20-9-10/h2,6-9,18H,1,3-5H2. The molecule has 1 heterocycles. The van der Waals surface area contributed by atoms with Gasteiger partial charge in [0.25, 0.3) is 0 Å². The van der Waals surface area contributed by atoms with Crippen LogP contribution < -0.4 is 10.1 Å². The van der Waals surface area contributed by atoms with Gasteiger partial charge < -0.3 is 10.1 Å². The van der Waals surface area contributed by atoms with Gasteiger partial charge in [0.2, 0.25) is 0 Å². The predicted molar refractivity (Wildman–Crippen MR) is 80.4 cm³/mol. The zero-order chi connectivity index (χ0) is 14.4. The summed E-state index contributed by atoms with van der Waals surface area (Å²) in [6.45, 7) is 1.77. The average molecular weight is 362 g/mol. The van der Waals surface area contributed by atoms with Crippen LogP contribution in [0.1, 0.15) is 5.56 Å². The normalized spacial score (nSPS) is 10.8. The van der Waals surface area contributed by atoms with Gasteiger partial charge in [-0.05, 0) is 57.4 Å². The molecule has 20 heavy (non-hydrogen) atoms. The second-order valence-electron chi connectivity index (χ2n) is 4.18. The Morgan fingerprint density at radius 3 is 2.80 bits per heavy atom. The van der Waals surface area contributed by atoms with Crippen molar-refractivity contribution in [1.29, 1.82) is 0 Å². The van der Waals surface area contributed by atoms with Crippen LogP contribution in [0.25, 0.3) is 0 Å². The number of thiophene rings is 1. The second-order valence-corrected chi connectivity index (χ2v) is 5.81. The van der Waals surface area contributed by atoms with E-state index in [0.717, 1.165) is 19.0 Å². The van der Waals surface area contributed by atoms with Crippen molar-refractivity contribution in [3.8, 4) is 5.75 Å². The van der Waals surface area contributed by atoms with Crippen molar-refractivity contribution in [2.24, 2.45) is 0 Å². The zero-order valence-corrected chi connectivity index (χ0v) is 13.1. The minimum atomic E-state index is -0.699. The molecule has 2 nitrogen and oxygen atoms in total. The van der Waals surface area contributed by atoms with Gasteiger partial charge in [-0.15, -0.1) is 0 Å². The quantitative estimate of drug-likeness (QED) is 0.752. The van der Waals surface area contributed by atoms with E-state index in [4.69, 9.17) is 4.74 Å². The lowest BCUT2D eigenvalue weighted by molar-refractivity contribution is 0.296. The van der Waals surface area contributed by atoms with Crippen molar-refractivity contribution in [1.82, 2.24) is 5.32 Å². The van der Waals surface area contributed by atoms with Crippen molar-refractivity contribution in [2.75, 3.05) is 19.7 Å². The summed E-state index contributed by atoms with van der Waals surface area (Å²) < 4.78 is 31.9. The van der Waals surface area contributed by atoms with Crippen LogP contribution in [0.5, 0.6) is 5.75 Å². The van der Waals surface area contributed by atoms with E-state index in [-0.39, 0.29) is 10.2 Å². The highest BCUT2D eigenvalue weighted by molar-refractivity contribution is 9.10. The minimum absolute atomic E-state index is 0.0473. The number of ether oxygens (including phenoxy) is 1. The van der Waals surface area contributed by atoms with Crippen molar-refractivity contribution < 1.29 is 13.5 Å². The number of benzene rings is 1. The summed E-state index contributed by atoms with van der Waals surface area (Å²) in [6.07, 6.45) is 0.956. The van der Waals surface area contributed by atoms with Crippen LogP contribution in [-0.4, -0.2) is 19.7 Å². The molecule has 0 spiro atoms. The maximum Gasteiger partial charge on any atom is 0.169 e. The molecular weight excluding hydrogens is 348 g/mol. The molecule has 0 bridgehead atoms. The van der Waals surface area contributed by atoms with Gasteiger partial charge in [-0.1, -0.05) is 0 Å². The molecule has 0 saturated carbocycles. The van der Waals surface area contributed by atoms with Gasteiger partial charge in [0, 0.05) is 12.6 Å². The molecule has 0 saturated heterocycles. The van der Waals surface area contributed by atoms with Gasteiger partial charge in [0.15, 0.2) is 11.6 Å². The van der Waals surface area contributed by atoms with E-state index in [1.807, 2.05) is 5.38 Å². The van der Waals surface area contributed by atoms with Crippen LogP contribution in [0.2, 0.25) is 0 Å². The Morgan fingerprint density at radius 2 is 2.10 bits per heavy atom. The van der Waals surface area contributed by atoms with Gasteiger partial charge in [0.1, 0.15) is 12.4 Å². The van der Waals surface area contributed by atoms with Crippen LogP contribution in [0.15, 0.2) is 33.4 Å². The van der Waals surface area contributed by atoms with Gasteiger partial charge >= 0.3 is 0 Å². The fraction of sp³-hybridized carbons (Fsp3) is 0.286. The highest BCUT2D eigenvalue weighted by Gasteiger charge is 2.10. The minimum Gasteiger partial charge on any atom is -0.488 e. The van der Waals surface area contributed by atoms with E-state index in [1.165, 1.54) is 11.6 Å². The van der Waals surface area contributed by atoms with Crippen LogP contribution >= 0.6 is 27.3 Å². The largest absolute Gasteiger partial charge is 0.488 e. The Morgan fingerprint density at radius 1 is 1.25 bits per heavy atom. The van der Waals surface area contributed by atoms with Crippen molar-refractivity contribution in [3.05, 3.63) is 50.6 Å². The van der Waals surface area contributed by atoms with Crippen LogP contribution in [0, 0.1) is 11.6 Å². The SMILES string of the molecule is Fc1cc(F)c(OCCNCCc2ccsc2)c(Br)c1. The molecule has 2 rings (SSSR count). The van der Waals surface area contributed by atoms with Gasteiger partial charge in [-0.25, -0.2) is 8.78 Å². The zero-order valence-electron chi connectivity index (χ0n) is 10.7. The number of hydrogen-bond acceptors (Lipinski definition) is 3. The van der Waals surface area contributed by atoms with E-state index in [2.05, 4.69) is 32.7 Å². The summed E-state index contributed by atoms with van der Waals surface area (Å²) in [5.74, 6) is -1.28. The lowest BCUT2D eigenvalue weighted by Crippen LogP contribution is -2.23. The Bertz CT molecular complexity index is 525. The third-order valence-electron chi connectivity index (χ3n) is 2.66. The first kappa shape index (κ1) is 15.4. The molecule has 0 fully saturated rings. The smallest absolute Gasteiger partial charge is 0.169 e. The Balaban J connectivity index is 1.68. The van der Waals surface area contributed by atoms with Gasteiger partial charge in [-0.2, -0.15) is 11.3 Å². The molecule has 1 N–H and O–H groups in total. The van der Waals surface area contributed by atoms with E-state index < -0.39 is 11.6 Å². The van der Waals surface area contributed by atoms with E-state index in [9.17, 15) is 8.78 Å². The third-order valence-corrected chi connectivity index (χ3v) is 3.98. The number of halogens is 3. The lowest BCUT2D eigenvalue weighted by atomic mass is 10.2. The molecule has 0 aliphatic carbocycles. The molecular formula is C14H14BrF2NOS. The topological polar surface area (TPSA) is 21.3 Å². The van der Waals surface area contributed by atoms with Crippen LogP contribution in [-0.2, 0) is 6.42 Å². The fourth-order valence-corrected chi connectivity index (χ4v) is 2.91. The molecule has 0 unspecified atom stereocenters. The number of rotatable bonds is 7. The fourth-order valence-electron chi connectivity index (χ4n) is 1.68. The molecule has 0 amide bonds. The number of hydrogen-bond donors (Lipinski definition) is 1. The molecule has 0 atom stereocenters. The second kappa shape index (κ2) is 7.71. The molecule has 2 aromatic rings. The first-order chi connectivity index (χ1) is 9.66. The molecule has 0 aliphatic heterocycles. The Kier molecular flexibility index (Phi) is 5.94. The van der Waals surface area contributed by atoms with Crippen LogP contribution in [0.3, 0.4) is 0 Å². The lowest BCUT2D eigenvalue weighted by Gasteiger charge is -2.10. The van der Waals surface area contributed by atoms with Gasteiger partial charge in [-0.3, -0.25) is 0 Å². The summed E-state index contributed by atoms with van der Waals surface area (Å²) in [6, 6.07) is 4.08. The van der Waals surface area contributed by atoms with Crippen LogP contribution in [0.4, 0.5) is 8.78 Å². The van der Waals surface area contributed by atoms with Gasteiger partial charge in [0.05, 0.1) is 4.47 Å². The first-order valence-electron chi connectivity index (χ1n) is 6.16. The summed E-state index contributed by atoms with van der Waals surface area (Å²) >= 11 is 4.76. The summed E-state index contributed by atoms with van der Waals surface area (Å²) in [5.41, 5.74) is 1.30. The summed E-state index contributed by atoms with van der Waals surface area (Å²) in [7, 11) is 0. The Hall–Kier alpha value is -0.980. The van der Waals surface area contributed by atoms with E-state index in [0.29, 0.717) is 13.2 Å². The molecule has 0 radical (unpaired) electrons. The molecule has 1 aromatic heterocycles. The predicted octanol–water partition coefficient (Wildman–Crippen LogP) is 4.00. The average Bonchev–Trinajstić information content (AvgIpc) is 2.89. The Labute approximate surface area is 128 Å². The van der Waals surface area contributed by atoms with E-state index >= 15 is 0 Å². The third kappa shape index (κ3) is 4.54. The maximum absolute atomic E-state index is 13.5. The van der Waals surface area contributed by atoms with Crippen molar-refractivity contribution in [2.45, 2.75) is 6.42 Å².